The minimum absolute atomic E-state index is 0.168. The summed E-state index contributed by atoms with van der Waals surface area (Å²) in [4.78, 5) is 28.0. The second kappa shape index (κ2) is 7.05. The largest absolute Gasteiger partial charge is 0.350 e. The molecule has 0 atom stereocenters. The highest BCUT2D eigenvalue weighted by atomic mass is 32.1. The molecule has 0 aliphatic heterocycles. The maximum absolute atomic E-state index is 12.0. The molecule has 2 amide bonds. The van der Waals surface area contributed by atoms with E-state index < -0.39 is 0 Å². The highest BCUT2D eigenvalue weighted by molar-refractivity contribution is 7.11. The van der Waals surface area contributed by atoms with E-state index in [0.717, 1.165) is 32.1 Å². The van der Waals surface area contributed by atoms with E-state index in [1.165, 1.54) is 29.8 Å². The van der Waals surface area contributed by atoms with E-state index in [4.69, 9.17) is 0 Å². The summed E-state index contributed by atoms with van der Waals surface area (Å²) in [6.45, 7) is 0.631. The van der Waals surface area contributed by atoms with Crippen LogP contribution in [0, 0.1) is 0 Å². The molecule has 3 rings (SSSR count). The van der Waals surface area contributed by atoms with Gasteiger partial charge in [-0.1, -0.05) is 11.6 Å². The van der Waals surface area contributed by atoms with Crippen LogP contribution in [0.15, 0.2) is 17.0 Å². The van der Waals surface area contributed by atoms with Gasteiger partial charge in [-0.25, -0.2) is 4.98 Å². The number of carbonyl (C=O) groups excluding carboxylic acids is 2. The topological polar surface area (TPSA) is 71.1 Å². The molecule has 0 bridgehead atoms. The van der Waals surface area contributed by atoms with Gasteiger partial charge in [0.2, 0.25) is 0 Å². The molecule has 0 radical (unpaired) electrons. The van der Waals surface area contributed by atoms with Gasteiger partial charge in [0.15, 0.2) is 5.01 Å². The lowest BCUT2D eigenvalue weighted by atomic mass is 9.97. The quantitative estimate of drug-likeness (QED) is 0.792. The van der Waals surface area contributed by atoms with E-state index in [0.29, 0.717) is 23.3 Å². The molecule has 118 valence electrons. The number of thiazole rings is 1. The summed E-state index contributed by atoms with van der Waals surface area (Å²) in [6.07, 6.45) is 10.1. The summed E-state index contributed by atoms with van der Waals surface area (Å²) in [5.74, 6) is -0.364. The average molecular weight is 319 g/mol. The van der Waals surface area contributed by atoms with Gasteiger partial charge in [0.05, 0.1) is 0 Å². The van der Waals surface area contributed by atoms with Crippen molar-refractivity contribution in [2.24, 2.45) is 0 Å². The molecule has 1 heterocycles. The predicted molar refractivity (Wildman–Crippen MR) is 86.1 cm³/mol. The van der Waals surface area contributed by atoms with Crippen molar-refractivity contribution in [2.75, 3.05) is 6.54 Å². The van der Waals surface area contributed by atoms with Gasteiger partial charge < -0.3 is 10.6 Å². The van der Waals surface area contributed by atoms with Gasteiger partial charge in [-0.2, -0.15) is 0 Å². The molecule has 5 nitrogen and oxygen atoms in total. The molecule has 1 saturated carbocycles. The third kappa shape index (κ3) is 4.16. The number of aromatic nitrogens is 1. The zero-order chi connectivity index (χ0) is 15.4. The summed E-state index contributed by atoms with van der Waals surface area (Å²) in [7, 11) is 0. The molecule has 2 N–H and O–H groups in total. The predicted octanol–water partition coefficient (Wildman–Crippen LogP) is 2.66. The number of allylic oxidation sites excluding steroid dienone is 1. The minimum atomic E-state index is -0.196. The molecular formula is C16H21N3O2S. The smallest absolute Gasteiger partial charge is 0.280 e. The third-order valence-electron chi connectivity index (χ3n) is 3.96. The maximum atomic E-state index is 12.0. The Balaban J connectivity index is 1.46. The van der Waals surface area contributed by atoms with Crippen molar-refractivity contribution < 1.29 is 9.59 Å². The number of hydrogen-bond donors (Lipinski definition) is 2. The zero-order valence-corrected chi connectivity index (χ0v) is 13.4. The fourth-order valence-corrected chi connectivity index (χ4v) is 3.22. The summed E-state index contributed by atoms with van der Waals surface area (Å²) in [5, 5.41) is 7.78. The highest BCUT2D eigenvalue weighted by Crippen LogP contribution is 2.21. The molecule has 0 unspecified atom stereocenters. The van der Waals surface area contributed by atoms with Gasteiger partial charge in [-0.05, 0) is 44.9 Å². The van der Waals surface area contributed by atoms with Gasteiger partial charge in [-0.3, -0.25) is 9.59 Å². The van der Waals surface area contributed by atoms with Gasteiger partial charge in [0.1, 0.15) is 5.69 Å². The lowest BCUT2D eigenvalue weighted by Gasteiger charge is -2.12. The second-order valence-electron chi connectivity index (χ2n) is 5.90. The lowest BCUT2D eigenvalue weighted by molar-refractivity contribution is 0.0948. The molecule has 0 spiro atoms. The fraction of sp³-hybridized carbons (Fsp3) is 0.562. The van der Waals surface area contributed by atoms with Crippen molar-refractivity contribution in [1.29, 1.82) is 0 Å². The Labute approximate surface area is 134 Å². The Kier molecular flexibility index (Phi) is 4.87. The summed E-state index contributed by atoms with van der Waals surface area (Å²) >= 11 is 1.22. The Hall–Kier alpha value is -1.69. The van der Waals surface area contributed by atoms with Crippen molar-refractivity contribution in [1.82, 2.24) is 15.6 Å². The molecule has 22 heavy (non-hydrogen) atoms. The van der Waals surface area contributed by atoms with Crippen molar-refractivity contribution in [3.05, 3.63) is 27.7 Å². The van der Waals surface area contributed by atoms with Crippen LogP contribution in [-0.4, -0.2) is 29.4 Å². The molecular weight excluding hydrogens is 298 g/mol. The normalized spacial score (nSPS) is 17.7. The number of carbonyl (C=O) groups is 2. The molecule has 1 aromatic rings. The maximum Gasteiger partial charge on any atom is 0.280 e. The first-order valence-electron chi connectivity index (χ1n) is 7.95. The van der Waals surface area contributed by atoms with Crippen LogP contribution in [0.5, 0.6) is 0 Å². The van der Waals surface area contributed by atoms with E-state index in [1.54, 1.807) is 5.38 Å². The van der Waals surface area contributed by atoms with E-state index in [2.05, 4.69) is 21.7 Å². The number of hydrogen-bond acceptors (Lipinski definition) is 4. The van der Waals surface area contributed by atoms with E-state index in [1.807, 2.05) is 0 Å². The number of amides is 2. The van der Waals surface area contributed by atoms with Crippen LogP contribution in [0.4, 0.5) is 0 Å². The number of nitrogens with one attached hydrogen (secondary N) is 2. The fourth-order valence-electron chi connectivity index (χ4n) is 2.52. The van der Waals surface area contributed by atoms with Gasteiger partial charge in [0, 0.05) is 18.0 Å². The van der Waals surface area contributed by atoms with Crippen LogP contribution in [0.1, 0.15) is 65.2 Å². The van der Waals surface area contributed by atoms with E-state index in [9.17, 15) is 9.59 Å². The number of nitrogens with zero attached hydrogens (tertiary/aromatic N) is 1. The molecule has 1 fully saturated rings. The Morgan fingerprint density at radius 2 is 2.14 bits per heavy atom. The standard InChI is InChI=1S/C16H21N3O2S/c20-14(17-9-8-11-4-2-1-3-5-11)13-10-22-16(19-13)15(21)18-12-6-7-12/h4,10,12H,1-3,5-9H2,(H,17,20)(H,18,21). The van der Waals surface area contributed by atoms with Gasteiger partial charge in [-0.15, -0.1) is 11.3 Å². The third-order valence-corrected chi connectivity index (χ3v) is 4.80. The van der Waals surface area contributed by atoms with Crippen molar-refractivity contribution in [2.45, 2.75) is 51.0 Å². The monoisotopic (exact) mass is 319 g/mol. The highest BCUT2D eigenvalue weighted by Gasteiger charge is 2.25. The summed E-state index contributed by atoms with van der Waals surface area (Å²) in [5.41, 5.74) is 1.78. The molecule has 0 aromatic carbocycles. The first-order chi connectivity index (χ1) is 10.7. The van der Waals surface area contributed by atoms with Crippen molar-refractivity contribution in [3.63, 3.8) is 0 Å². The van der Waals surface area contributed by atoms with Crippen LogP contribution < -0.4 is 10.6 Å². The van der Waals surface area contributed by atoms with Crippen LogP contribution in [-0.2, 0) is 0 Å². The second-order valence-corrected chi connectivity index (χ2v) is 6.76. The first-order valence-corrected chi connectivity index (χ1v) is 8.83. The summed E-state index contributed by atoms with van der Waals surface area (Å²) in [6, 6.07) is 0.303. The van der Waals surface area contributed by atoms with Crippen LogP contribution >= 0.6 is 11.3 Å². The van der Waals surface area contributed by atoms with E-state index in [-0.39, 0.29) is 11.8 Å². The van der Waals surface area contributed by atoms with E-state index >= 15 is 0 Å². The van der Waals surface area contributed by atoms with Crippen molar-refractivity contribution in [3.8, 4) is 0 Å². The molecule has 2 aliphatic carbocycles. The van der Waals surface area contributed by atoms with Crippen LogP contribution in [0.25, 0.3) is 0 Å². The van der Waals surface area contributed by atoms with Gasteiger partial charge >= 0.3 is 0 Å². The Bertz CT molecular complexity index is 590. The Morgan fingerprint density at radius 1 is 1.27 bits per heavy atom. The molecule has 6 heteroatoms. The number of rotatable bonds is 6. The molecule has 2 aliphatic rings. The van der Waals surface area contributed by atoms with Crippen LogP contribution in [0.3, 0.4) is 0 Å². The average Bonchev–Trinajstić information content (AvgIpc) is 3.20. The summed E-state index contributed by atoms with van der Waals surface area (Å²) < 4.78 is 0. The Morgan fingerprint density at radius 3 is 2.86 bits per heavy atom. The minimum Gasteiger partial charge on any atom is -0.350 e. The van der Waals surface area contributed by atoms with Crippen LogP contribution in [0.2, 0.25) is 0 Å². The SMILES string of the molecule is O=C(NCCC1=CCCCC1)c1csc(C(=O)NC2CC2)n1. The lowest BCUT2D eigenvalue weighted by Crippen LogP contribution is -2.27. The first kappa shape index (κ1) is 15.2. The molecule has 1 aromatic heterocycles. The van der Waals surface area contributed by atoms with Crippen molar-refractivity contribution >= 4 is 23.2 Å². The zero-order valence-electron chi connectivity index (χ0n) is 12.6. The molecule has 0 saturated heterocycles. The van der Waals surface area contributed by atoms with Gasteiger partial charge in [0.25, 0.3) is 11.8 Å².